The Bertz CT molecular complexity index is 248. The molecule has 0 aliphatic carbocycles. The molecule has 14 heavy (non-hydrogen) atoms. The fourth-order valence-corrected chi connectivity index (χ4v) is 1.27. The number of ether oxygens (including phenoxy) is 2. The van der Waals surface area contributed by atoms with Crippen LogP contribution in [0.4, 0.5) is 0 Å². The molecule has 1 N–H and O–H groups in total. The van der Waals surface area contributed by atoms with Crippen LogP contribution in [0.2, 0.25) is 0 Å². The van der Waals surface area contributed by atoms with Crippen molar-refractivity contribution < 1.29 is 9.47 Å². The van der Waals surface area contributed by atoms with E-state index in [-0.39, 0.29) is 0 Å². The van der Waals surface area contributed by atoms with Crippen molar-refractivity contribution in [1.29, 1.82) is 0 Å². The van der Waals surface area contributed by atoms with Gasteiger partial charge in [-0.2, -0.15) is 0 Å². The number of nitrogens with one attached hydrogen (secondary N) is 1. The van der Waals surface area contributed by atoms with Gasteiger partial charge in [-0.3, -0.25) is 0 Å². The summed E-state index contributed by atoms with van der Waals surface area (Å²) in [6.07, 6.45) is 2.01. The molecule has 0 saturated heterocycles. The predicted molar refractivity (Wildman–Crippen MR) is 55.0 cm³/mol. The Morgan fingerprint density at radius 3 is 2.93 bits per heavy atom. The van der Waals surface area contributed by atoms with Crippen LogP contribution in [0.15, 0.2) is 18.3 Å². The number of aromatic nitrogens is 1. The maximum atomic E-state index is 5.06. The van der Waals surface area contributed by atoms with E-state index in [1.807, 2.05) is 12.3 Å². The molecule has 0 unspecified atom stereocenters. The van der Waals surface area contributed by atoms with Gasteiger partial charge in [0.25, 0.3) is 0 Å². The maximum absolute atomic E-state index is 5.06. The van der Waals surface area contributed by atoms with Gasteiger partial charge in [0.15, 0.2) is 0 Å². The minimum absolute atomic E-state index is 0.605. The summed E-state index contributed by atoms with van der Waals surface area (Å²) in [6, 6.07) is 4.10. The number of methoxy groups -OCH3 is 2. The fraction of sp³-hybridized carbons (Fsp3) is 0.600. The van der Waals surface area contributed by atoms with Gasteiger partial charge in [-0.05, 0) is 12.1 Å². The Hall–Kier alpha value is -0.840. The lowest BCUT2D eigenvalue weighted by Gasteiger charge is -2.08. The quantitative estimate of drug-likeness (QED) is 0.659. The molecule has 80 valence electrons. The molecule has 4 nitrogen and oxygen atoms in total. The molecule has 1 heterocycles. The van der Waals surface area contributed by atoms with Crippen LogP contribution in [0, 0.1) is 0 Å². The summed E-state index contributed by atoms with van der Waals surface area (Å²) < 4.78 is 12.1. The molecule has 0 spiro atoms. The lowest BCUT2D eigenvalue weighted by molar-refractivity contribution is 0.128. The van der Waals surface area contributed by atoms with Crippen molar-refractivity contribution in [3.05, 3.63) is 24.0 Å². The van der Waals surface area contributed by atoms with Gasteiger partial charge < -0.3 is 19.4 Å². The third-order valence-electron chi connectivity index (χ3n) is 1.98. The van der Waals surface area contributed by atoms with Crippen LogP contribution >= 0.6 is 0 Å². The van der Waals surface area contributed by atoms with E-state index >= 15 is 0 Å². The Kier molecular flexibility index (Phi) is 5.29. The zero-order valence-corrected chi connectivity index (χ0v) is 8.82. The molecule has 0 aliphatic heterocycles. The molecule has 0 bridgehead atoms. The van der Waals surface area contributed by atoms with Crippen LogP contribution in [-0.4, -0.2) is 31.9 Å². The monoisotopic (exact) mass is 198 g/mol. The van der Waals surface area contributed by atoms with Gasteiger partial charge in [-0.25, -0.2) is 0 Å². The maximum Gasteiger partial charge on any atom is 0.122 e. The molecule has 0 fully saturated rings. The Morgan fingerprint density at radius 2 is 2.21 bits per heavy atom. The molecule has 0 aromatic carbocycles. The second kappa shape index (κ2) is 6.59. The first-order valence-corrected chi connectivity index (χ1v) is 4.71. The van der Waals surface area contributed by atoms with Crippen molar-refractivity contribution in [3.8, 4) is 0 Å². The van der Waals surface area contributed by atoms with E-state index in [1.54, 1.807) is 14.2 Å². The molecule has 1 rings (SSSR count). The third-order valence-corrected chi connectivity index (χ3v) is 1.98. The first-order valence-electron chi connectivity index (χ1n) is 4.71. The van der Waals surface area contributed by atoms with Gasteiger partial charge >= 0.3 is 0 Å². The van der Waals surface area contributed by atoms with Crippen molar-refractivity contribution in [2.45, 2.75) is 13.3 Å². The standard InChI is InChI=1S/C10H18N2O2/c1-13-7-5-11-8-10-4-3-6-12(10)9-14-2/h3-4,6,11H,5,7-9H2,1-2H3. The molecular weight excluding hydrogens is 180 g/mol. The topological polar surface area (TPSA) is 35.4 Å². The highest BCUT2D eigenvalue weighted by molar-refractivity contribution is 5.06. The highest BCUT2D eigenvalue weighted by atomic mass is 16.5. The second-order valence-electron chi connectivity index (χ2n) is 3.06. The lowest BCUT2D eigenvalue weighted by atomic mass is 10.4. The summed E-state index contributed by atoms with van der Waals surface area (Å²) in [7, 11) is 3.40. The van der Waals surface area contributed by atoms with Gasteiger partial charge in [-0.15, -0.1) is 0 Å². The largest absolute Gasteiger partial charge is 0.383 e. The van der Waals surface area contributed by atoms with E-state index in [2.05, 4.69) is 16.0 Å². The Balaban J connectivity index is 2.30. The summed E-state index contributed by atoms with van der Waals surface area (Å²) in [5.74, 6) is 0. The van der Waals surface area contributed by atoms with Gasteiger partial charge in [0.1, 0.15) is 6.73 Å². The van der Waals surface area contributed by atoms with Crippen molar-refractivity contribution >= 4 is 0 Å². The van der Waals surface area contributed by atoms with E-state index < -0.39 is 0 Å². The SMILES string of the molecule is COCCNCc1cccn1COC. The number of hydrogen-bond donors (Lipinski definition) is 1. The molecule has 0 saturated carbocycles. The summed E-state index contributed by atoms with van der Waals surface area (Å²) in [6.45, 7) is 3.06. The van der Waals surface area contributed by atoms with Gasteiger partial charge in [0.05, 0.1) is 6.61 Å². The molecule has 1 aromatic heterocycles. The van der Waals surface area contributed by atoms with Crippen LogP contribution in [-0.2, 0) is 22.7 Å². The molecule has 0 aliphatic rings. The van der Waals surface area contributed by atoms with Crippen LogP contribution in [0.5, 0.6) is 0 Å². The van der Waals surface area contributed by atoms with Crippen molar-refractivity contribution in [2.24, 2.45) is 0 Å². The van der Waals surface area contributed by atoms with Gasteiger partial charge in [0, 0.05) is 39.2 Å². The average molecular weight is 198 g/mol. The van der Waals surface area contributed by atoms with E-state index in [4.69, 9.17) is 9.47 Å². The molecule has 1 aromatic rings. The molecule has 0 amide bonds. The van der Waals surface area contributed by atoms with E-state index in [0.29, 0.717) is 6.73 Å². The Morgan fingerprint density at radius 1 is 1.36 bits per heavy atom. The minimum Gasteiger partial charge on any atom is -0.383 e. The van der Waals surface area contributed by atoms with Crippen LogP contribution in [0.25, 0.3) is 0 Å². The summed E-state index contributed by atoms with van der Waals surface area (Å²) in [5.41, 5.74) is 1.22. The molecule has 0 radical (unpaired) electrons. The minimum atomic E-state index is 0.605. The normalized spacial score (nSPS) is 10.7. The number of hydrogen-bond acceptors (Lipinski definition) is 3. The molecular formula is C10H18N2O2. The van der Waals surface area contributed by atoms with Gasteiger partial charge in [0.2, 0.25) is 0 Å². The Labute approximate surface area is 84.8 Å². The predicted octanol–water partition coefficient (Wildman–Crippen LogP) is 0.828. The van der Waals surface area contributed by atoms with Crippen LogP contribution < -0.4 is 5.32 Å². The zero-order valence-electron chi connectivity index (χ0n) is 8.82. The summed E-state index contributed by atoms with van der Waals surface area (Å²) >= 11 is 0. The number of nitrogens with zero attached hydrogens (tertiary/aromatic N) is 1. The van der Waals surface area contributed by atoms with Crippen molar-refractivity contribution in [2.75, 3.05) is 27.4 Å². The highest BCUT2D eigenvalue weighted by Crippen LogP contribution is 2.01. The van der Waals surface area contributed by atoms with Crippen molar-refractivity contribution in [1.82, 2.24) is 9.88 Å². The van der Waals surface area contributed by atoms with Crippen molar-refractivity contribution in [3.63, 3.8) is 0 Å². The average Bonchev–Trinajstić information content (AvgIpc) is 2.61. The lowest BCUT2D eigenvalue weighted by Crippen LogP contribution is -2.20. The zero-order chi connectivity index (χ0) is 10.2. The van der Waals surface area contributed by atoms with E-state index in [0.717, 1.165) is 19.7 Å². The molecule has 0 atom stereocenters. The highest BCUT2D eigenvalue weighted by Gasteiger charge is 1.98. The summed E-state index contributed by atoms with van der Waals surface area (Å²) in [4.78, 5) is 0. The first-order chi connectivity index (χ1) is 6.88. The fourth-order valence-electron chi connectivity index (χ4n) is 1.27. The van der Waals surface area contributed by atoms with E-state index in [9.17, 15) is 0 Å². The molecule has 4 heteroatoms. The van der Waals surface area contributed by atoms with Crippen LogP contribution in [0.1, 0.15) is 5.69 Å². The third kappa shape index (κ3) is 3.49. The summed E-state index contributed by atoms with van der Waals surface area (Å²) in [5, 5.41) is 3.29. The second-order valence-corrected chi connectivity index (χ2v) is 3.06. The smallest absolute Gasteiger partial charge is 0.122 e. The number of rotatable bonds is 7. The van der Waals surface area contributed by atoms with E-state index in [1.165, 1.54) is 5.69 Å². The van der Waals surface area contributed by atoms with Gasteiger partial charge in [-0.1, -0.05) is 0 Å². The van der Waals surface area contributed by atoms with Crippen LogP contribution in [0.3, 0.4) is 0 Å². The first kappa shape index (κ1) is 11.2.